The molecular formula is C13H23N3O3S4. The summed E-state index contributed by atoms with van der Waals surface area (Å²) in [5.74, 6) is 0.186. The Labute approximate surface area is 157 Å². The van der Waals surface area contributed by atoms with Crippen molar-refractivity contribution in [3.63, 3.8) is 0 Å². The van der Waals surface area contributed by atoms with Gasteiger partial charge in [-0.05, 0) is 0 Å². The maximum absolute atomic E-state index is 11.6. The molecule has 0 spiro atoms. The van der Waals surface area contributed by atoms with E-state index in [4.69, 9.17) is 29.2 Å². The molecule has 0 unspecified atom stereocenters. The van der Waals surface area contributed by atoms with Crippen LogP contribution in [0.25, 0.3) is 0 Å². The van der Waals surface area contributed by atoms with E-state index in [-0.39, 0.29) is 24.2 Å². The number of rotatable bonds is 7. The molecule has 0 saturated heterocycles. The highest BCUT2D eigenvalue weighted by Gasteiger charge is 2.11. The number of amides is 1. The minimum absolute atomic E-state index is 0.00561. The summed E-state index contributed by atoms with van der Waals surface area (Å²) in [6, 6.07) is 0. The predicted molar refractivity (Wildman–Crippen MR) is 106 cm³/mol. The average molecular weight is 398 g/mol. The highest BCUT2D eigenvalue weighted by atomic mass is 32.2. The second-order valence-corrected chi connectivity index (χ2v) is 8.15. The van der Waals surface area contributed by atoms with Gasteiger partial charge in [-0.1, -0.05) is 48.0 Å². The van der Waals surface area contributed by atoms with Gasteiger partial charge in [0.1, 0.15) is 15.2 Å². The Morgan fingerprint density at radius 1 is 0.913 bits per heavy atom. The molecule has 132 valence electrons. The lowest BCUT2D eigenvalue weighted by atomic mass is 10.6. The fourth-order valence-electron chi connectivity index (χ4n) is 1.04. The summed E-state index contributed by atoms with van der Waals surface area (Å²) in [6.07, 6.45) is 0. The van der Waals surface area contributed by atoms with Crippen LogP contribution in [0.3, 0.4) is 0 Å². The Hall–Kier alpha value is -0.580. The Bertz CT molecular complexity index is 444. The van der Waals surface area contributed by atoms with Gasteiger partial charge in [0.2, 0.25) is 5.91 Å². The number of hydrogen-bond acceptors (Lipinski definition) is 7. The van der Waals surface area contributed by atoms with Crippen molar-refractivity contribution in [1.82, 2.24) is 14.7 Å². The van der Waals surface area contributed by atoms with Crippen LogP contribution in [0.2, 0.25) is 0 Å². The Balaban J connectivity index is 3.90. The first-order valence-electron chi connectivity index (χ1n) is 6.73. The van der Waals surface area contributed by atoms with E-state index in [9.17, 15) is 9.59 Å². The molecule has 0 aliphatic rings. The molecule has 0 aromatic heterocycles. The molecule has 0 atom stereocenters. The van der Waals surface area contributed by atoms with E-state index in [1.54, 1.807) is 30.9 Å². The minimum Gasteiger partial charge on any atom is -0.463 e. The van der Waals surface area contributed by atoms with Crippen LogP contribution in [-0.4, -0.2) is 95.1 Å². The predicted octanol–water partition coefficient (Wildman–Crippen LogP) is 1.15. The van der Waals surface area contributed by atoms with Crippen LogP contribution in [0, 0.1) is 0 Å². The molecule has 1 amide bonds. The first kappa shape index (κ1) is 22.4. The van der Waals surface area contributed by atoms with Gasteiger partial charge in [-0.2, -0.15) is 0 Å². The molecule has 0 aliphatic carbocycles. The molecule has 0 N–H and O–H groups in total. The topological polar surface area (TPSA) is 53.1 Å². The van der Waals surface area contributed by atoms with Gasteiger partial charge in [-0.3, -0.25) is 9.59 Å². The molecule has 0 aromatic rings. The Kier molecular flexibility index (Phi) is 11.6. The zero-order chi connectivity index (χ0) is 18.0. The third-order valence-electron chi connectivity index (χ3n) is 2.50. The smallest absolute Gasteiger partial charge is 0.316 e. The SMILES string of the molecule is CN(C)C(=O)CSC(=S)N(C)CCOC(=O)CSC(=S)N(C)C. The molecule has 0 bridgehead atoms. The first-order chi connectivity index (χ1) is 10.6. The van der Waals surface area contributed by atoms with Crippen LogP contribution in [-0.2, 0) is 14.3 Å². The number of hydrogen-bond donors (Lipinski definition) is 0. The van der Waals surface area contributed by atoms with Gasteiger partial charge in [0.05, 0.1) is 18.1 Å². The highest BCUT2D eigenvalue weighted by Crippen LogP contribution is 2.09. The number of ether oxygens (including phenoxy) is 1. The lowest BCUT2D eigenvalue weighted by Crippen LogP contribution is -2.30. The maximum atomic E-state index is 11.6. The minimum atomic E-state index is -0.311. The van der Waals surface area contributed by atoms with E-state index >= 15 is 0 Å². The summed E-state index contributed by atoms with van der Waals surface area (Å²) in [4.78, 5) is 28.1. The Morgan fingerprint density at radius 3 is 2.00 bits per heavy atom. The van der Waals surface area contributed by atoms with E-state index in [0.29, 0.717) is 20.9 Å². The van der Waals surface area contributed by atoms with Crippen molar-refractivity contribution in [3.05, 3.63) is 0 Å². The van der Waals surface area contributed by atoms with Crippen molar-refractivity contribution < 1.29 is 14.3 Å². The molecule has 0 heterocycles. The van der Waals surface area contributed by atoms with Crippen LogP contribution in [0.1, 0.15) is 0 Å². The van der Waals surface area contributed by atoms with E-state index in [0.717, 1.165) is 0 Å². The number of esters is 1. The number of carbonyl (C=O) groups is 2. The normalized spacial score (nSPS) is 9.96. The van der Waals surface area contributed by atoms with Crippen LogP contribution >= 0.6 is 48.0 Å². The molecule has 10 heteroatoms. The van der Waals surface area contributed by atoms with Gasteiger partial charge in [0.25, 0.3) is 0 Å². The molecule has 0 rings (SSSR count). The monoisotopic (exact) mass is 397 g/mol. The van der Waals surface area contributed by atoms with Gasteiger partial charge in [0.15, 0.2) is 0 Å². The molecule has 0 saturated carbocycles. The lowest BCUT2D eigenvalue weighted by molar-refractivity contribution is -0.140. The zero-order valence-electron chi connectivity index (χ0n) is 14.0. The van der Waals surface area contributed by atoms with Gasteiger partial charge >= 0.3 is 5.97 Å². The van der Waals surface area contributed by atoms with Crippen molar-refractivity contribution >= 4 is 68.5 Å². The van der Waals surface area contributed by atoms with Gasteiger partial charge in [0, 0.05) is 35.2 Å². The second kappa shape index (κ2) is 11.9. The molecular weight excluding hydrogens is 374 g/mol. The summed E-state index contributed by atoms with van der Waals surface area (Å²) in [5.41, 5.74) is 0. The second-order valence-electron chi connectivity index (χ2n) is 4.93. The van der Waals surface area contributed by atoms with E-state index in [1.807, 2.05) is 14.1 Å². The summed E-state index contributed by atoms with van der Waals surface area (Å²) >= 11 is 12.9. The fraction of sp³-hybridized carbons (Fsp3) is 0.692. The van der Waals surface area contributed by atoms with Crippen molar-refractivity contribution in [1.29, 1.82) is 0 Å². The average Bonchev–Trinajstić information content (AvgIpc) is 2.49. The number of nitrogens with zero attached hydrogens (tertiary/aromatic N) is 3. The molecule has 6 nitrogen and oxygen atoms in total. The first-order valence-corrected chi connectivity index (χ1v) is 9.51. The number of carbonyl (C=O) groups excluding carboxylic acids is 2. The summed E-state index contributed by atoms with van der Waals surface area (Å²) < 4.78 is 6.37. The molecule has 0 aliphatic heterocycles. The third kappa shape index (κ3) is 10.7. The molecule has 0 fully saturated rings. The lowest BCUT2D eigenvalue weighted by Gasteiger charge is -2.19. The van der Waals surface area contributed by atoms with Crippen LogP contribution < -0.4 is 0 Å². The maximum Gasteiger partial charge on any atom is 0.316 e. The van der Waals surface area contributed by atoms with Crippen LogP contribution in [0.15, 0.2) is 0 Å². The van der Waals surface area contributed by atoms with E-state index in [1.165, 1.54) is 28.4 Å². The Morgan fingerprint density at radius 2 is 1.48 bits per heavy atom. The van der Waals surface area contributed by atoms with Crippen LogP contribution in [0.5, 0.6) is 0 Å². The zero-order valence-corrected chi connectivity index (χ0v) is 17.3. The number of thiocarbonyl (C=S) groups is 2. The van der Waals surface area contributed by atoms with Crippen molar-refractivity contribution in [3.8, 4) is 0 Å². The van der Waals surface area contributed by atoms with Gasteiger partial charge < -0.3 is 19.4 Å². The summed E-state index contributed by atoms with van der Waals surface area (Å²) in [6.45, 7) is 0.726. The quantitative estimate of drug-likeness (QED) is 0.465. The highest BCUT2D eigenvalue weighted by molar-refractivity contribution is 8.23. The molecule has 0 radical (unpaired) electrons. The van der Waals surface area contributed by atoms with Crippen LogP contribution in [0.4, 0.5) is 0 Å². The fourth-order valence-corrected chi connectivity index (χ4v) is 2.89. The van der Waals surface area contributed by atoms with Gasteiger partial charge in [-0.25, -0.2) is 0 Å². The van der Waals surface area contributed by atoms with Crippen molar-refractivity contribution in [2.24, 2.45) is 0 Å². The molecule has 23 heavy (non-hydrogen) atoms. The summed E-state index contributed by atoms with van der Waals surface area (Å²) in [7, 11) is 8.87. The standard InChI is InChI=1S/C13H23N3O3S4/c1-14(2)10(17)8-22-13(21)16(5)6-7-19-11(18)9-23-12(20)15(3)4/h6-9H2,1-5H3. The molecule has 0 aromatic carbocycles. The number of likely N-dealkylation sites (N-methyl/N-ethyl adjacent to an activating group) is 1. The van der Waals surface area contributed by atoms with Crippen molar-refractivity contribution in [2.45, 2.75) is 0 Å². The number of thioether (sulfide) groups is 2. The third-order valence-corrected chi connectivity index (χ3v) is 5.82. The summed E-state index contributed by atoms with van der Waals surface area (Å²) in [5, 5.41) is 0. The van der Waals surface area contributed by atoms with Crippen molar-refractivity contribution in [2.75, 3.05) is 59.9 Å². The van der Waals surface area contributed by atoms with Gasteiger partial charge in [-0.15, -0.1) is 0 Å². The van der Waals surface area contributed by atoms with E-state index < -0.39 is 0 Å². The largest absolute Gasteiger partial charge is 0.463 e. The van der Waals surface area contributed by atoms with E-state index in [2.05, 4.69) is 0 Å².